The summed E-state index contributed by atoms with van der Waals surface area (Å²) in [7, 11) is 0. The van der Waals surface area contributed by atoms with Gasteiger partial charge < -0.3 is 10.5 Å². The summed E-state index contributed by atoms with van der Waals surface area (Å²) in [5, 5.41) is 10.4. The highest BCUT2D eigenvalue weighted by Crippen LogP contribution is 2.31. The number of nitrogens with one attached hydrogen (secondary N) is 1. The van der Waals surface area contributed by atoms with E-state index in [1.54, 1.807) is 0 Å². The molecule has 0 radical (unpaired) electrons. The number of fused-ring (bicyclic) bond motifs is 1. The predicted octanol–water partition coefficient (Wildman–Crippen LogP) is 2.83. The van der Waals surface area contributed by atoms with E-state index in [0.29, 0.717) is 23.0 Å². The zero-order valence-electron chi connectivity index (χ0n) is 11.8. The van der Waals surface area contributed by atoms with E-state index < -0.39 is 0 Å². The molecule has 1 unspecified atom stereocenters. The van der Waals surface area contributed by atoms with Crippen LogP contribution >= 0.6 is 22.6 Å². The molecule has 2 aromatic rings. The second kappa shape index (κ2) is 6.71. The number of halogens is 1. The van der Waals surface area contributed by atoms with Gasteiger partial charge >= 0.3 is 0 Å². The van der Waals surface area contributed by atoms with Crippen LogP contribution in [-0.2, 0) is 0 Å². The molecule has 0 aliphatic heterocycles. The smallest absolute Gasteiger partial charge is 0.250 e. The fourth-order valence-electron chi connectivity index (χ4n) is 2.78. The molecule has 1 aliphatic carbocycles. The van der Waals surface area contributed by atoms with Gasteiger partial charge in [-0.3, -0.25) is 0 Å². The van der Waals surface area contributed by atoms with Crippen LogP contribution in [0, 0.1) is 5.92 Å². The van der Waals surface area contributed by atoms with Crippen molar-refractivity contribution < 1.29 is 4.74 Å². The second-order valence-corrected chi connectivity index (χ2v) is 6.70. The normalized spacial score (nSPS) is 19.1. The van der Waals surface area contributed by atoms with E-state index in [9.17, 15) is 0 Å². The van der Waals surface area contributed by atoms with E-state index in [2.05, 4.69) is 48.0 Å². The van der Waals surface area contributed by atoms with Crippen LogP contribution in [0.3, 0.4) is 0 Å². The number of anilines is 1. The predicted molar refractivity (Wildman–Crippen MR) is 88.1 cm³/mol. The van der Waals surface area contributed by atoms with Crippen molar-refractivity contribution in [2.45, 2.75) is 49.1 Å². The minimum atomic E-state index is 0.0647. The molecule has 8 heteroatoms. The van der Waals surface area contributed by atoms with Crippen LogP contribution in [0.2, 0.25) is 0 Å². The van der Waals surface area contributed by atoms with Crippen LogP contribution in [0.4, 0.5) is 5.95 Å². The third-order valence-electron chi connectivity index (χ3n) is 3.92. The zero-order chi connectivity index (χ0) is 14.7. The Bertz CT molecular complexity index is 595. The maximum atomic E-state index is 6.04. The van der Waals surface area contributed by atoms with Gasteiger partial charge in [-0.25, -0.2) is 5.10 Å². The first-order valence-electron chi connectivity index (χ1n) is 7.39. The summed E-state index contributed by atoms with van der Waals surface area (Å²) in [5.74, 6) is 1.14. The van der Waals surface area contributed by atoms with Crippen molar-refractivity contribution in [2.24, 2.45) is 5.92 Å². The topological polar surface area (TPSA) is 103 Å². The summed E-state index contributed by atoms with van der Waals surface area (Å²) < 4.78 is 6.10. The molecule has 1 saturated carbocycles. The molecule has 1 aliphatic rings. The van der Waals surface area contributed by atoms with E-state index in [0.717, 1.165) is 0 Å². The first-order chi connectivity index (χ1) is 10.2. The summed E-state index contributed by atoms with van der Waals surface area (Å²) in [4.78, 5) is 8.21. The Kier molecular flexibility index (Phi) is 4.71. The molecule has 3 N–H and O–H groups in total. The van der Waals surface area contributed by atoms with Crippen molar-refractivity contribution in [3.05, 3.63) is 0 Å². The lowest BCUT2D eigenvalue weighted by Crippen LogP contribution is -2.22. The van der Waals surface area contributed by atoms with Crippen molar-refractivity contribution in [1.82, 2.24) is 25.4 Å². The maximum Gasteiger partial charge on any atom is 0.250 e. The SMILES string of the molecule is Nc1nc(OC(I)C2CCCCCCC2)c2nn[nH]c2n1. The number of nitrogens with zero attached hydrogens (tertiary/aromatic N) is 4. The Hall–Kier alpha value is -1.19. The maximum absolute atomic E-state index is 6.04. The zero-order valence-corrected chi connectivity index (χ0v) is 13.9. The van der Waals surface area contributed by atoms with Crippen molar-refractivity contribution in [3.63, 3.8) is 0 Å². The van der Waals surface area contributed by atoms with Gasteiger partial charge in [-0.2, -0.15) is 9.97 Å². The van der Waals surface area contributed by atoms with Crippen LogP contribution in [0.25, 0.3) is 11.2 Å². The number of alkyl halides is 1. The Balaban J connectivity index is 1.75. The average Bonchev–Trinajstić information content (AvgIpc) is 2.86. The average molecular weight is 402 g/mol. The van der Waals surface area contributed by atoms with Gasteiger partial charge in [-0.05, 0) is 35.4 Å². The van der Waals surface area contributed by atoms with Gasteiger partial charge in [-0.1, -0.05) is 37.3 Å². The largest absolute Gasteiger partial charge is 0.462 e. The number of aromatic nitrogens is 5. The molecule has 0 bridgehead atoms. The van der Waals surface area contributed by atoms with Gasteiger partial charge in [0, 0.05) is 5.92 Å². The van der Waals surface area contributed by atoms with E-state index >= 15 is 0 Å². The highest BCUT2D eigenvalue weighted by molar-refractivity contribution is 14.1. The minimum Gasteiger partial charge on any atom is -0.462 e. The second-order valence-electron chi connectivity index (χ2n) is 5.47. The molecule has 1 fully saturated rings. The third-order valence-corrected chi connectivity index (χ3v) is 5.19. The number of aromatic amines is 1. The Labute approximate surface area is 136 Å². The highest BCUT2D eigenvalue weighted by Gasteiger charge is 2.23. The fourth-order valence-corrected chi connectivity index (χ4v) is 3.74. The Morgan fingerprint density at radius 2 is 1.86 bits per heavy atom. The molecule has 114 valence electrons. The number of rotatable bonds is 3. The molecule has 0 amide bonds. The van der Waals surface area contributed by atoms with Crippen molar-refractivity contribution in [2.75, 3.05) is 5.73 Å². The van der Waals surface area contributed by atoms with Gasteiger partial charge in [0.2, 0.25) is 11.8 Å². The van der Waals surface area contributed by atoms with E-state index in [1.807, 2.05) is 0 Å². The fraction of sp³-hybridized carbons (Fsp3) is 0.692. The molecule has 7 nitrogen and oxygen atoms in total. The molecule has 2 heterocycles. The number of hydrogen-bond donors (Lipinski definition) is 2. The van der Waals surface area contributed by atoms with E-state index in [1.165, 1.54) is 44.9 Å². The number of ether oxygens (including phenoxy) is 1. The molecule has 2 aromatic heterocycles. The molecule has 0 aromatic carbocycles. The quantitative estimate of drug-likeness (QED) is 0.605. The summed E-state index contributed by atoms with van der Waals surface area (Å²) in [6.45, 7) is 0. The molecule has 1 atom stereocenters. The monoisotopic (exact) mass is 402 g/mol. The molecule has 0 spiro atoms. The summed E-state index contributed by atoms with van der Waals surface area (Å²) in [6.07, 6.45) is 8.98. The van der Waals surface area contributed by atoms with Crippen LogP contribution < -0.4 is 10.5 Å². The van der Waals surface area contributed by atoms with Crippen LogP contribution in [0.1, 0.15) is 44.9 Å². The number of nitrogen functional groups attached to an aromatic ring is 1. The highest BCUT2D eigenvalue weighted by atomic mass is 127. The Morgan fingerprint density at radius 3 is 2.62 bits per heavy atom. The van der Waals surface area contributed by atoms with Crippen molar-refractivity contribution in [3.8, 4) is 5.88 Å². The number of nitrogens with two attached hydrogens (primary N) is 1. The molecule has 21 heavy (non-hydrogen) atoms. The first kappa shape index (κ1) is 14.7. The number of hydrogen-bond acceptors (Lipinski definition) is 6. The van der Waals surface area contributed by atoms with Gasteiger partial charge in [0.25, 0.3) is 0 Å². The lowest BCUT2D eigenvalue weighted by atomic mass is 9.92. The lowest BCUT2D eigenvalue weighted by Gasteiger charge is -2.24. The molecular formula is C13H19IN6O. The van der Waals surface area contributed by atoms with E-state index in [4.69, 9.17) is 10.5 Å². The van der Waals surface area contributed by atoms with Gasteiger partial charge in [0.15, 0.2) is 15.3 Å². The van der Waals surface area contributed by atoms with Gasteiger partial charge in [-0.15, -0.1) is 5.10 Å². The molecular weight excluding hydrogens is 383 g/mol. The van der Waals surface area contributed by atoms with Crippen molar-refractivity contribution in [1.29, 1.82) is 0 Å². The number of H-pyrrole nitrogens is 1. The van der Waals surface area contributed by atoms with E-state index in [-0.39, 0.29) is 10.1 Å². The summed E-state index contributed by atoms with van der Waals surface area (Å²) in [5.41, 5.74) is 6.75. The van der Waals surface area contributed by atoms with Crippen LogP contribution in [0.15, 0.2) is 0 Å². The minimum absolute atomic E-state index is 0.0647. The summed E-state index contributed by atoms with van der Waals surface area (Å²) >= 11 is 2.35. The molecule has 3 rings (SSSR count). The molecule has 0 saturated heterocycles. The van der Waals surface area contributed by atoms with Crippen LogP contribution in [0.5, 0.6) is 5.88 Å². The van der Waals surface area contributed by atoms with Crippen molar-refractivity contribution >= 4 is 39.7 Å². The third kappa shape index (κ3) is 3.53. The Morgan fingerprint density at radius 1 is 1.14 bits per heavy atom. The first-order valence-corrected chi connectivity index (χ1v) is 8.63. The lowest BCUT2D eigenvalue weighted by molar-refractivity contribution is 0.197. The van der Waals surface area contributed by atoms with Gasteiger partial charge in [0.05, 0.1) is 0 Å². The summed E-state index contributed by atoms with van der Waals surface area (Å²) in [6, 6.07) is 0. The van der Waals surface area contributed by atoms with Crippen LogP contribution in [-0.4, -0.2) is 29.5 Å². The van der Waals surface area contributed by atoms with Gasteiger partial charge in [0.1, 0.15) is 0 Å². The standard InChI is InChI=1S/C13H19IN6O/c14-10(8-6-4-2-1-3-5-7-8)21-12-9-11(19-20-18-9)16-13(15)17-12/h8,10H,1-7H2,(H3,15,16,17,18,19,20).